The Hall–Kier alpha value is -2.99. The van der Waals surface area contributed by atoms with E-state index in [0.717, 1.165) is 21.5 Å². The Kier molecular flexibility index (Phi) is 5.37. The normalized spacial score (nSPS) is 13.3. The summed E-state index contributed by atoms with van der Waals surface area (Å²) in [5.74, 6) is -0.693. The van der Waals surface area contributed by atoms with Crippen LogP contribution in [0.4, 0.5) is 10.1 Å². The minimum Gasteiger partial charge on any atom is -0.358 e. The van der Waals surface area contributed by atoms with Crippen molar-refractivity contribution in [2.24, 2.45) is 0 Å². The average Bonchev–Trinajstić information content (AvgIpc) is 2.96. The van der Waals surface area contributed by atoms with Crippen LogP contribution in [-0.2, 0) is 4.79 Å². The number of halogens is 1. The standard InChI is InChI=1S/C21H22FN3O2/c1-13-20(17-9-4-5-10-18(17)23-13)21(27)14(2)25(3)12-19(26)24-16-8-6-7-15(22)11-16/h4-11,14,23H,12H2,1-3H3,(H,24,26)/p+1/t14-/m0/s1. The number of anilines is 1. The van der Waals surface area contributed by atoms with Crippen molar-refractivity contribution in [1.82, 2.24) is 4.98 Å². The third-order valence-corrected chi connectivity index (χ3v) is 4.82. The molecule has 3 aromatic rings. The number of fused-ring (bicyclic) bond motifs is 1. The highest BCUT2D eigenvalue weighted by Gasteiger charge is 2.28. The third kappa shape index (κ3) is 4.06. The summed E-state index contributed by atoms with van der Waals surface area (Å²) in [4.78, 5) is 29.3. The van der Waals surface area contributed by atoms with Gasteiger partial charge in [-0.1, -0.05) is 24.3 Å². The second-order valence-electron chi connectivity index (χ2n) is 6.84. The Morgan fingerprint density at radius 2 is 1.93 bits per heavy atom. The van der Waals surface area contributed by atoms with E-state index in [-0.39, 0.29) is 18.2 Å². The number of amides is 1. The molecule has 3 rings (SSSR count). The van der Waals surface area contributed by atoms with E-state index in [1.807, 2.05) is 38.1 Å². The van der Waals surface area contributed by atoms with Gasteiger partial charge in [-0.15, -0.1) is 0 Å². The number of quaternary nitrogens is 1. The van der Waals surface area contributed by atoms with Crippen molar-refractivity contribution in [3.63, 3.8) is 0 Å². The maximum Gasteiger partial charge on any atom is 0.279 e. The van der Waals surface area contributed by atoms with Gasteiger partial charge in [-0.25, -0.2) is 4.39 Å². The predicted octanol–water partition coefficient (Wildman–Crippen LogP) is 2.34. The van der Waals surface area contributed by atoms with Crippen molar-refractivity contribution < 1.29 is 18.9 Å². The molecule has 1 aromatic heterocycles. The Bertz CT molecular complexity index is 996. The monoisotopic (exact) mass is 368 g/mol. The number of carbonyl (C=O) groups excluding carboxylic acids is 2. The van der Waals surface area contributed by atoms with Crippen molar-refractivity contribution in [3.8, 4) is 0 Å². The SMILES string of the molecule is Cc1[nH]c2ccccc2c1C(=O)[C@H](C)[NH+](C)CC(=O)Nc1cccc(F)c1. The molecule has 0 fully saturated rings. The number of carbonyl (C=O) groups is 2. The number of H-pyrrole nitrogens is 1. The lowest BCUT2D eigenvalue weighted by Gasteiger charge is -2.20. The molecule has 6 heteroatoms. The zero-order valence-electron chi connectivity index (χ0n) is 15.6. The van der Waals surface area contributed by atoms with E-state index in [1.165, 1.54) is 18.2 Å². The summed E-state index contributed by atoms with van der Waals surface area (Å²) in [6.07, 6.45) is 0. The molecule has 0 saturated heterocycles. The van der Waals surface area contributed by atoms with Gasteiger partial charge in [0.2, 0.25) is 5.78 Å². The van der Waals surface area contributed by atoms with Gasteiger partial charge < -0.3 is 15.2 Å². The molecule has 2 atom stereocenters. The van der Waals surface area contributed by atoms with Crippen LogP contribution in [0.3, 0.4) is 0 Å². The molecular weight excluding hydrogens is 345 g/mol. The van der Waals surface area contributed by atoms with Gasteiger partial charge in [-0.05, 0) is 38.1 Å². The second kappa shape index (κ2) is 7.72. The van der Waals surface area contributed by atoms with Crippen LogP contribution in [-0.4, -0.2) is 36.3 Å². The zero-order valence-corrected chi connectivity index (χ0v) is 15.6. The van der Waals surface area contributed by atoms with Gasteiger partial charge in [0.15, 0.2) is 6.54 Å². The first kappa shape index (κ1) is 18.8. The first-order chi connectivity index (χ1) is 12.9. The van der Waals surface area contributed by atoms with Gasteiger partial charge >= 0.3 is 0 Å². The summed E-state index contributed by atoms with van der Waals surface area (Å²) >= 11 is 0. The molecule has 0 aliphatic rings. The molecule has 0 radical (unpaired) electrons. The molecule has 3 N–H and O–H groups in total. The van der Waals surface area contributed by atoms with Gasteiger partial charge in [0.25, 0.3) is 5.91 Å². The summed E-state index contributed by atoms with van der Waals surface area (Å²) in [5.41, 5.74) is 2.82. The van der Waals surface area contributed by atoms with E-state index in [2.05, 4.69) is 10.3 Å². The van der Waals surface area contributed by atoms with E-state index < -0.39 is 11.9 Å². The Labute approximate surface area is 157 Å². The third-order valence-electron chi connectivity index (χ3n) is 4.82. The first-order valence-corrected chi connectivity index (χ1v) is 8.86. The van der Waals surface area contributed by atoms with Gasteiger partial charge in [0, 0.05) is 22.3 Å². The molecule has 0 bridgehead atoms. The fourth-order valence-electron chi connectivity index (χ4n) is 3.21. The Morgan fingerprint density at radius 3 is 2.67 bits per heavy atom. The van der Waals surface area contributed by atoms with Crippen LogP contribution in [0.25, 0.3) is 10.9 Å². The molecule has 27 heavy (non-hydrogen) atoms. The number of aromatic nitrogens is 1. The highest BCUT2D eigenvalue weighted by molar-refractivity contribution is 6.11. The maximum absolute atomic E-state index is 13.2. The van der Waals surface area contributed by atoms with E-state index in [9.17, 15) is 14.0 Å². The van der Waals surface area contributed by atoms with E-state index in [1.54, 1.807) is 13.1 Å². The number of aromatic amines is 1. The molecule has 0 saturated carbocycles. The Balaban J connectivity index is 1.70. The lowest BCUT2D eigenvalue weighted by Crippen LogP contribution is -3.14. The molecule has 1 heterocycles. The van der Waals surface area contributed by atoms with E-state index >= 15 is 0 Å². The fourth-order valence-corrected chi connectivity index (χ4v) is 3.21. The number of Topliss-reactive ketones (excluding diaryl/α,β-unsaturated/α-hetero) is 1. The van der Waals surface area contributed by atoms with Crippen LogP contribution < -0.4 is 10.2 Å². The van der Waals surface area contributed by atoms with Gasteiger partial charge in [-0.3, -0.25) is 9.59 Å². The van der Waals surface area contributed by atoms with Crippen molar-refractivity contribution in [3.05, 3.63) is 65.6 Å². The van der Waals surface area contributed by atoms with E-state index in [4.69, 9.17) is 0 Å². The number of likely N-dealkylation sites (N-methyl/N-ethyl adjacent to an activating group) is 1. The average molecular weight is 368 g/mol. The topological polar surface area (TPSA) is 66.4 Å². The molecule has 1 unspecified atom stereocenters. The molecule has 140 valence electrons. The van der Waals surface area contributed by atoms with Crippen LogP contribution in [0, 0.1) is 12.7 Å². The minimum absolute atomic E-state index is 0.0130. The number of aryl methyl sites for hydroxylation is 1. The largest absolute Gasteiger partial charge is 0.358 e. The number of hydrogen-bond donors (Lipinski definition) is 3. The number of nitrogens with one attached hydrogen (secondary N) is 3. The van der Waals surface area contributed by atoms with Crippen molar-refractivity contribution >= 4 is 28.3 Å². The van der Waals surface area contributed by atoms with Crippen molar-refractivity contribution in [2.45, 2.75) is 19.9 Å². The first-order valence-electron chi connectivity index (χ1n) is 8.86. The molecule has 1 amide bonds. The van der Waals surface area contributed by atoms with Crippen LogP contribution >= 0.6 is 0 Å². The van der Waals surface area contributed by atoms with Crippen LogP contribution in [0.5, 0.6) is 0 Å². The Morgan fingerprint density at radius 1 is 1.19 bits per heavy atom. The smallest absolute Gasteiger partial charge is 0.279 e. The van der Waals surface area contributed by atoms with Crippen molar-refractivity contribution in [2.75, 3.05) is 18.9 Å². The molecular formula is C21H23FN3O2+. The molecule has 5 nitrogen and oxygen atoms in total. The highest BCUT2D eigenvalue weighted by atomic mass is 19.1. The number of hydrogen-bond acceptors (Lipinski definition) is 2. The lowest BCUT2D eigenvalue weighted by atomic mass is 10.0. The number of para-hydroxylation sites is 1. The molecule has 2 aromatic carbocycles. The van der Waals surface area contributed by atoms with Gasteiger partial charge in [0.05, 0.1) is 12.6 Å². The van der Waals surface area contributed by atoms with Gasteiger partial charge in [-0.2, -0.15) is 0 Å². The summed E-state index contributed by atoms with van der Waals surface area (Å²) in [5, 5.41) is 3.56. The van der Waals surface area contributed by atoms with Crippen LogP contribution in [0.2, 0.25) is 0 Å². The number of benzene rings is 2. The van der Waals surface area contributed by atoms with Gasteiger partial charge in [0.1, 0.15) is 11.9 Å². The summed E-state index contributed by atoms with van der Waals surface area (Å²) in [6, 6.07) is 13.0. The highest BCUT2D eigenvalue weighted by Crippen LogP contribution is 2.22. The van der Waals surface area contributed by atoms with Crippen molar-refractivity contribution in [1.29, 1.82) is 0 Å². The molecule has 0 aliphatic carbocycles. The predicted molar refractivity (Wildman–Crippen MR) is 104 cm³/mol. The summed E-state index contributed by atoms with van der Waals surface area (Å²) < 4.78 is 13.2. The quantitative estimate of drug-likeness (QED) is 0.585. The fraction of sp³-hybridized carbons (Fsp3) is 0.238. The minimum atomic E-state index is -0.410. The maximum atomic E-state index is 13.2. The number of ketones is 1. The van der Waals surface area contributed by atoms with Crippen LogP contribution in [0.15, 0.2) is 48.5 Å². The summed E-state index contributed by atoms with van der Waals surface area (Å²) in [6.45, 7) is 3.80. The van der Waals surface area contributed by atoms with Crippen LogP contribution in [0.1, 0.15) is 23.0 Å². The molecule has 0 spiro atoms. The summed E-state index contributed by atoms with van der Waals surface area (Å²) in [7, 11) is 1.80. The number of rotatable bonds is 6. The zero-order chi connectivity index (χ0) is 19.6. The second-order valence-corrected chi connectivity index (χ2v) is 6.84. The molecule has 0 aliphatic heterocycles. The lowest BCUT2D eigenvalue weighted by molar-refractivity contribution is -0.885. The van der Waals surface area contributed by atoms with E-state index in [0.29, 0.717) is 11.3 Å².